The molecule has 0 bridgehead atoms. The highest BCUT2D eigenvalue weighted by Gasteiger charge is 2.16. The molecule has 2 amide bonds. The van der Waals surface area contributed by atoms with Crippen molar-refractivity contribution in [1.82, 2.24) is 0 Å². The highest BCUT2D eigenvalue weighted by Crippen LogP contribution is 2.36. The summed E-state index contributed by atoms with van der Waals surface area (Å²) in [5.74, 6) is 0.175. The van der Waals surface area contributed by atoms with Gasteiger partial charge in [0.2, 0.25) is 0 Å². The van der Waals surface area contributed by atoms with Crippen LogP contribution in [-0.2, 0) is 4.74 Å². The Bertz CT molecular complexity index is 671. The molecule has 2 aromatic rings. The molecule has 0 fully saturated rings. The number of amides is 2. The van der Waals surface area contributed by atoms with Crippen LogP contribution in [0.5, 0.6) is 5.75 Å². The van der Waals surface area contributed by atoms with Crippen molar-refractivity contribution in [1.29, 1.82) is 0 Å². The number of primary amides is 1. The van der Waals surface area contributed by atoms with Crippen LogP contribution in [0, 0.1) is 0 Å². The molecule has 0 heterocycles. The lowest BCUT2D eigenvalue weighted by Gasteiger charge is -2.14. The van der Waals surface area contributed by atoms with E-state index in [9.17, 15) is 9.59 Å². The minimum atomic E-state index is -0.963. The Hall–Kier alpha value is -3.02. The van der Waals surface area contributed by atoms with Crippen LogP contribution in [0.4, 0.5) is 15.3 Å². The van der Waals surface area contributed by atoms with E-state index in [0.717, 1.165) is 5.56 Å². The number of carbonyl (C=O) groups is 2. The average Bonchev–Trinajstić information content (AvgIpc) is 2.49. The van der Waals surface area contributed by atoms with Crippen molar-refractivity contribution in [3.05, 3.63) is 48.5 Å². The molecular weight excluding hydrogens is 284 g/mol. The summed E-state index contributed by atoms with van der Waals surface area (Å²) < 4.78 is 9.91. The predicted molar refractivity (Wildman–Crippen MR) is 82.7 cm³/mol. The fourth-order valence-corrected chi connectivity index (χ4v) is 1.97. The topological polar surface area (TPSA) is 90.7 Å². The first kappa shape index (κ1) is 15.4. The Morgan fingerprint density at radius 2 is 1.82 bits per heavy atom. The summed E-state index contributed by atoms with van der Waals surface area (Å²) in [4.78, 5) is 22.8. The number of ether oxygens (including phenoxy) is 2. The van der Waals surface area contributed by atoms with Crippen molar-refractivity contribution in [2.24, 2.45) is 5.73 Å². The summed E-state index contributed by atoms with van der Waals surface area (Å²) in [5.41, 5.74) is 6.89. The van der Waals surface area contributed by atoms with Gasteiger partial charge in [-0.2, -0.15) is 0 Å². The van der Waals surface area contributed by atoms with Gasteiger partial charge in [-0.1, -0.05) is 42.5 Å². The van der Waals surface area contributed by atoms with Crippen molar-refractivity contribution in [3.63, 3.8) is 0 Å². The highest BCUT2D eigenvalue weighted by atomic mass is 16.6. The van der Waals surface area contributed by atoms with Crippen LogP contribution in [0.3, 0.4) is 0 Å². The number of rotatable bonds is 4. The molecule has 2 aromatic carbocycles. The zero-order valence-electron chi connectivity index (χ0n) is 12.0. The molecule has 0 saturated heterocycles. The number of para-hydroxylation sites is 1. The van der Waals surface area contributed by atoms with Crippen molar-refractivity contribution in [2.45, 2.75) is 6.92 Å². The third-order valence-corrected chi connectivity index (χ3v) is 2.81. The molecule has 0 aliphatic rings. The molecule has 0 atom stereocenters. The number of hydrogen-bond acceptors (Lipinski definition) is 4. The number of benzene rings is 2. The zero-order chi connectivity index (χ0) is 15.9. The van der Waals surface area contributed by atoms with Crippen molar-refractivity contribution in [2.75, 3.05) is 11.9 Å². The Balaban J connectivity index is 2.45. The van der Waals surface area contributed by atoms with Crippen LogP contribution in [0.2, 0.25) is 0 Å². The molecule has 0 saturated carbocycles. The van der Waals surface area contributed by atoms with Gasteiger partial charge in [-0.25, -0.2) is 9.59 Å². The van der Waals surface area contributed by atoms with E-state index in [-0.39, 0.29) is 12.4 Å². The summed E-state index contributed by atoms with van der Waals surface area (Å²) in [7, 11) is 0. The van der Waals surface area contributed by atoms with Crippen LogP contribution in [0.15, 0.2) is 48.5 Å². The zero-order valence-corrected chi connectivity index (χ0v) is 12.0. The minimum absolute atomic E-state index is 0.175. The van der Waals surface area contributed by atoms with E-state index < -0.39 is 12.2 Å². The lowest BCUT2D eigenvalue weighted by Crippen LogP contribution is -2.19. The standard InChI is InChI=1S/C16H16N2O4/c1-2-21-16(20)18-13-10-6-9-12(14(13)22-15(17)19)11-7-4-3-5-8-11/h3-10H,2H2,1H3,(H2,17,19)(H,18,20). The lowest BCUT2D eigenvalue weighted by atomic mass is 10.0. The van der Waals surface area contributed by atoms with E-state index in [4.69, 9.17) is 15.2 Å². The van der Waals surface area contributed by atoms with Crippen LogP contribution >= 0.6 is 0 Å². The lowest BCUT2D eigenvalue weighted by molar-refractivity contribution is 0.167. The van der Waals surface area contributed by atoms with E-state index in [1.807, 2.05) is 30.3 Å². The number of anilines is 1. The SMILES string of the molecule is CCOC(=O)Nc1cccc(-c2ccccc2)c1OC(N)=O. The van der Waals surface area contributed by atoms with Crippen LogP contribution in [0.1, 0.15) is 6.92 Å². The molecule has 22 heavy (non-hydrogen) atoms. The Labute approximate surface area is 127 Å². The molecule has 0 radical (unpaired) electrons. The second-order valence-electron chi connectivity index (χ2n) is 4.31. The Morgan fingerprint density at radius 3 is 2.45 bits per heavy atom. The Morgan fingerprint density at radius 1 is 1.09 bits per heavy atom. The van der Waals surface area contributed by atoms with Gasteiger partial charge in [0.05, 0.1) is 12.3 Å². The van der Waals surface area contributed by atoms with Gasteiger partial charge >= 0.3 is 12.2 Å². The summed E-state index contributed by atoms with van der Waals surface area (Å²) in [6.07, 6.45) is -1.60. The van der Waals surface area contributed by atoms with Crippen LogP contribution in [-0.4, -0.2) is 18.8 Å². The maximum Gasteiger partial charge on any atom is 0.411 e. The maximum atomic E-state index is 11.6. The summed E-state index contributed by atoms with van der Waals surface area (Å²) in [6, 6.07) is 14.4. The number of nitrogens with one attached hydrogen (secondary N) is 1. The third-order valence-electron chi connectivity index (χ3n) is 2.81. The van der Waals surface area contributed by atoms with Crippen molar-refractivity contribution < 1.29 is 19.1 Å². The number of nitrogens with two attached hydrogens (primary N) is 1. The number of carbonyl (C=O) groups excluding carboxylic acids is 2. The fourth-order valence-electron chi connectivity index (χ4n) is 1.97. The molecule has 6 nitrogen and oxygen atoms in total. The van der Waals surface area contributed by atoms with Gasteiger partial charge in [0, 0.05) is 5.56 Å². The van der Waals surface area contributed by atoms with Gasteiger partial charge in [-0.15, -0.1) is 0 Å². The molecule has 0 aromatic heterocycles. The van der Waals surface area contributed by atoms with Gasteiger partial charge in [0.15, 0.2) is 5.75 Å². The fraction of sp³-hybridized carbons (Fsp3) is 0.125. The normalized spacial score (nSPS) is 9.86. The monoisotopic (exact) mass is 300 g/mol. The quantitative estimate of drug-likeness (QED) is 0.905. The van der Waals surface area contributed by atoms with Gasteiger partial charge in [-0.3, -0.25) is 5.32 Å². The first-order valence-electron chi connectivity index (χ1n) is 6.71. The average molecular weight is 300 g/mol. The highest BCUT2D eigenvalue weighted by molar-refractivity contribution is 5.91. The van der Waals surface area contributed by atoms with E-state index in [2.05, 4.69) is 5.32 Å². The smallest absolute Gasteiger partial charge is 0.411 e. The third kappa shape index (κ3) is 3.76. The molecule has 114 valence electrons. The molecule has 0 unspecified atom stereocenters. The minimum Gasteiger partial charge on any atom is -0.450 e. The van der Waals surface area contributed by atoms with Crippen molar-refractivity contribution >= 4 is 17.9 Å². The summed E-state index contributed by atoms with van der Waals surface area (Å²) >= 11 is 0. The first-order chi connectivity index (χ1) is 10.6. The number of hydrogen-bond donors (Lipinski definition) is 2. The van der Waals surface area contributed by atoms with E-state index in [1.165, 1.54) is 0 Å². The van der Waals surface area contributed by atoms with Gasteiger partial charge in [0.1, 0.15) is 0 Å². The molecule has 0 aliphatic heterocycles. The second kappa shape index (κ2) is 7.12. The van der Waals surface area contributed by atoms with Crippen molar-refractivity contribution in [3.8, 4) is 16.9 Å². The summed E-state index contributed by atoms with van der Waals surface area (Å²) in [6.45, 7) is 1.93. The Kier molecular flexibility index (Phi) is 4.98. The molecule has 2 rings (SSSR count). The van der Waals surface area contributed by atoms with Crippen LogP contribution in [0.25, 0.3) is 11.1 Å². The largest absolute Gasteiger partial charge is 0.450 e. The predicted octanol–water partition coefficient (Wildman–Crippen LogP) is 3.38. The van der Waals surface area contributed by atoms with Gasteiger partial charge < -0.3 is 15.2 Å². The van der Waals surface area contributed by atoms with Gasteiger partial charge in [0.25, 0.3) is 0 Å². The second-order valence-corrected chi connectivity index (χ2v) is 4.31. The molecular formula is C16H16N2O4. The molecule has 3 N–H and O–H groups in total. The van der Waals surface area contributed by atoms with E-state index in [1.54, 1.807) is 25.1 Å². The summed E-state index contributed by atoms with van der Waals surface area (Å²) in [5, 5.41) is 2.53. The molecule has 0 aliphatic carbocycles. The van der Waals surface area contributed by atoms with E-state index >= 15 is 0 Å². The van der Waals surface area contributed by atoms with Crippen LogP contribution < -0.4 is 15.8 Å². The molecule has 0 spiro atoms. The van der Waals surface area contributed by atoms with Gasteiger partial charge in [-0.05, 0) is 18.6 Å². The maximum absolute atomic E-state index is 11.6. The van der Waals surface area contributed by atoms with E-state index in [0.29, 0.717) is 11.3 Å². The molecule has 6 heteroatoms. The first-order valence-corrected chi connectivity index (χ1v) is 6.71.